The highest BCUT2D eigenvalue weighted by atomic mass is 32.2. The smallest absolute Gasteiger partial charge is 0.330 e. The van der Waals surface area contributed by atoms with Gasteiger partial charge < -0.3 is 4.74 Å². The van der Waals surface area contributed by atoms with Crippen molar-refractivity contribution in [3.63, 3.8) is 0 Å². The summed E-state index contributed by atoms with van der Waals surface area (Å²) in [6.45, 7) is 3.68. The van der Waals surface area contributed by atoms with Crippen LogP contribution in [0.5, 0.6) is 0 Å². The minimum atomic E-state index is -0.560. The van der Waals surface area contributed by atoms with E-state index in [0.29, 0.717) is 12.2 Å². The molecule has 2 amide bonds. The number of imide groups is 1. The van der Waals surface area contributed by atoms with Crippen molar-refractivity contribution in [2.75, 3.05) is 12.4 Å². The molecule has 1 fully saturated rings. The highest BCUT2D eigenvalue weighted by Gasteiger charge is 2.37. The number of rotatable bonds is 6. The molecule has 2 atom stereocenters. The largest absolute Gasteiger partial charge is 0.463 e. The highest BCUT2D eigenvalue weighted by molar-refractivity contribution is 8.14. The molecule has 1 heterocycles. The predicted molar refractivity (Wildman–Crippen MR) is 93.6 cm³/mol. The van der Waals surface area contributed by atoms with Gasteiger partial charge >= 0.3 is 5.97 Å². The molecule has 128 valence electrons. The zero-order chi connectivity index (χ0) is 17.5. The molecule has 0 spiro atoms. The molecule has 2 rings (SSSR count). The first kappa shape index (κ1) is 18.3. The number of amides is 2. The normalized spacial score (nSPS) is 18.8. The Hall–Kier alpha value is -2.08. The topological polar surface area (TPSA) is 63.7 Å². The molecular weight excluding hydrogens is 326 g/mol. The van der Waals surface area contributed by atoms with Gasteiger partial charge in [0, 0.05) is 11.8 Å². The second-order valence-corrected chi connectivity index (χ2v) is 6.50. The van der Waals surface area contributed by atoms with Gasteiger partial charge in [0.15, 0.2) is 0 Å². The lowest BCUT2D eigenvalue weighted by molar-refractivity contribution is -0.137. The molecule has 0 bridgehead atoms. The van der Waals surface area contributed by atoms with Crippen LogP contribution in [0.3, 0.4) is 0 Å². The van der Waals surface area contributed by atoms with Crippen molar-refractivity contribution < 1.29 is 19.1 Å². The number of hydrogen-bond acceptors (Lipinski definition) is 5. The summed E-state index contributed by atoms with van der Waals surface area (Å²) in [5.41, 5.74) is 1.09. The van der Waals surface area contributed by atoms with Crippen LogP contribution in [0.2, 0.25) is 0 Å². The van der Waals surface area contributed by atoms with Crippen LogP contribution in [0.4, 0.5) is 4.79 Å². The van der Waals surface area contributed by atoms with Gasteiger partial charge in [0.2, 0.25) is 5.91 Å². The van der Waals surface area contributed by atoms with Crippen LogP contribution < -0.4 is 0 Å². The Kier molecular flexibility index (Phi) is 6.61. The monoisotopic (exact) mass is 347 g/mol. The molecule has 1 aromatic rings. The molecule has 0 saturated carbocycles. The number of esters is 1. The predicted octanol–water partition coefficient (Wildman–Crippen LogP) is 3.05. The van der Waals surface area contributed by atoms with Gasteiger partial charge in [0.25, 0.3) is 5.24 Å². The Morgan fingerprint density at radius 1 is 1.38 bits per heavy atom. The van der Waals surface area contributed by atoms with E-state index in [1.807, 2.05) is 30.3 Å². The van der Waals surface area contributed by atoms with Crippen LogP contribution in [0.1, 0.15) is 19.4 Å². The third-order valence-corrected chi connectivity index (χ3v) is 4.70. The average Bonchev–Trinajstić information content (AvgIpc) is 2.93. The SMILES string of the molecule is CCOC(=O)/C=C\[C@@H](C)C(=O)N1C(=O)SC[C@@H]1Cc1ccccc1. The van der Waals surface area contributed by atoms with Crippen LogP contribution in [-0.2, 0) is 20.7 Å². The van der Waals surface area contributed by atoms with Crippen molar-refractivity contribution in [1.29, 1.82) is 0 Å². The van der Waals surface area contributed by atoms with Gasteiger partial charge in [-0.1, -0.05) is 55.1 Å². The van der Waals surface area contributed by atoms with E-state index in [4.69, 9.17) is 4.74 Å². The lowest BCUT2D eigenvalue weighted by Gasteiger charge is -2.24. The van der Waals surface area contributed by atoms with Crippen LogP contribution in [-0.4, -0.2) is 40.4 Å². The number of thioether (sulfide) groups is 1. The summed E-state index contributed by atoms with van der Waals surface area (Å²) in [6.07, 6.45) is 3.36. The fourth-order valence-electron chi connectivity index (χ4n) is 2.48. The number of nitrogens with zero attached hydrogens (tertiary/aromatic N) is 1. The quantitative estimate of drug-likeness (QED) is 0.585. The first-order valence-electron chi connectivity index (χ1n) is 7.91. The summed E-state index contributed by atoms with van der Waals surface area (Å²) >= 11 is 1.16. The molecule has 24 heavy (non-hydrogen) atoms. The molecule has 6 heteroatoms. The lowest BCUT2D eigenvalue weighted by atomic mass is 10.0. The summed E-state index contributed by atoms with van der Waals surface area (Å²) in [5, 5.41) is -0.225. The molecule has 0 radical (unpaired) electrons. The van der Waals surface area contributed by atoms with E-state index in [9.17, 15) is 14.4 Å². The summed E-state index contributed by atoms with van der Waals surface area (Å²) in [5.74, 6) is -0.741. The van der Waals surface area contributed by atoms with Gasteiger partial charge in [-0.2, -0.15) is 0 Å². The van der Waals surface area contributed by atoms with E-state index in [0.717, 1.165) is 17.3 Å². The zero-order valence-corrected chi connectivity index (χ0v) is 14.6. The Balaban J connectivity index is 2.04. The van der Waals surface area contributed by atoms with Gasteiger partial charge in [0.05, 0.1) is 18.6 Å². The Morgan fingerprint density at radius 2 is 2.08 bits per heavy atom. The van der Waals surface area contributed by atoms with E-state index < -0.39 is 11.9 Å². The van der Waals surface area contributed by atoms with E-state index >= 15 is 0 Å². The molecule has 1 aliphatic rings. The minimum absolute atomic E-state index is 0.157. The van der Waals surface area contributed by atoms with E-state index in [-0.39, 0.29) is 23.8 Å². The third-order valence-electron chi connectivity index (χ3n) is 3.71. The Labute approximate surface area is 146 Å². The second-order valence-electron chi connectivity index (χ2n) is 5.53. The van der Waals surface area contributed by atoms with E-state index in [1.165, 1.54) is 17.1 Å². The van der Waals surface area contributed by atoms with Crippen molar-refractivity contribution in [2.45, 2.75) is 26.3 Å². The molecule has 1 saturated heterocycles. The third kappa shape index (κ3) is 4.71. The Morgan fingerprint density at radius 3 is 2.75 bits per heavy atom. The zero-order valence-electron chi connectivity index (χ0n) is 13.8. The first-order chi connectivity index (χ1) is 11.5. The molecule has 5 nitrogen and oxygen atoms in total. The molecule has 0 N–H and O–H groups in total. The fourth-order valence-corrected chi connectivity index (χ4v) is 3.46. The summed E-state index contributed by atoms with van der Waals surface area (Å²) < 4.78 is 4.80. The molecule has 0 unspecified atom stereocenters. The van der Waals surface area contributed by atoms with Crippen LogP contribution in [0.25, 0.3) is 0 Å². The number of ether oxygens (including phenoxy) is 1. The number of carbonyl (C=O) groups excluding carboxylic acids is 3. The van der Waals surface area contributed by atoms with Crippen molar-refractivity contribution in [2.24, 2.45) is 5.92 Å². The Bertz CT molecular complexity index is 629. The first-order valence-corrected chi connectivity index (χ1v) is 8.90. The van der Waals surface area contributed by atoms with E-state index in [1.54, 1.807) is 13.8 Å². The molecular formula is C18H21NO4S. The number of hydrogen-bond donors (Lipinski definition) is 0. The highest BCUT2D eigenvalue weighted by Crippen LogP contribution is 2.28. The molecule has 1 aliphatic heterocycles. The van der Waals surface area contributed by atoms with Crippen molar-refractivity contribution in [3.05, 3.63) is 48.0 Å². The summed E-state index contributed by atoms with van der Waals surface area (Å²) in [6, 6.07) is 9.63. The average molecular weight is 347 g/mol. The van der Waals surface area contributed by atoms with Crippen LogP contribution in [0, 0.1) is 5.92 Å². The standard InChI is InChI=1S/C18H21NO4S/c1-3-23-16(20)10-9-13(2)17(21)19-15(12-24-18(19)22)11-14-7-5-4-6-8-14/h4-10,13,15H,3,11-12H2,1-2H3/b10-9-/t13-,15+/m1/s1. The summed E-state index contributed by atoms with van der Waals surface area (Å²) in [4.78, 5) is 37.4. The van der Waals surface area contributed by atoms with E-state index in [2.05, 4.69) is 0 Å². The van der Waals surface area contributed by atoms with Crippen LogP contribution in [0.15, 0.2) is 42.5 Å². The van der Waals surface area contributed by atoms with Gasteiger partial charge in [-0.05, 0) is 18.9 Å². The number of carbonyl (C=O) groups is 3. The molecule has 0 aliphatic carbocycles. The van der Waals surface area contributed by atoms with Gasteiger partial charge in [-0.15, -0.1) is 0 Å². The molecule has 0 aromatic heterocycles. The van der Waals surface area contributed by atoms with Crippen molar-refractivity contribution >= 4 is 28.9 Å². The maximum Gasteiger partial charge on any atom is 0.330 e. The maximum atomic E-state index is 12.6. The second kappa shape index (κ2) is 8.68. The van der Waals surface area contributed by atoms with Gasteiger partial charge in [-0.25, -0.2) is 4.79 Å². The summed E-state index contributed by atoms with van der Waals surface area (Å²) in [7, 11) is 0. The number of benzene rings is 1. The molecule has 1 aromatic carbocycles. The van der Waals surface area contributed by atoms with Crippen LogP contribution >= 0.6 is 11.8 Å². The maximum absolute atomic E-state index is 12.6. The van der Waals surface area contributed by atoms with Gasteiger partial charge in [0.1, 0.15) is 0 Å². The van der Waals surface area contributed by atoms with Gasteiger partial charge in [-0.3, -0.25) is 14.5 Å². The van der Waals surface area contributed by atoms with Crippen molar-refractivity contribution in [1.82, 2.24) is 4.90 Å². The lowest BCUT2D eigenvalue weighted by Crippen LogP contribution is -2.42. The minimum Gasteiger partial charge on any atom is -0.463 e. The fraction of sp³-hybridized carbons (Fsp3) is 0.389. The van der Waals surface area contributed by atoms with Crippen molar-refractivity contribution in [3.8, 4) is 0 Å².